The van der Waals surface area contributed by atoms with Crippen LogP contribution in [0.4, 0.5) is 0 Å². The van der Waals surface area contributed by atoms with Crippen LogP contribution in [0.25, 0.3) is 0 Å². The van der Waals surface area contributed by atoms with Crippen molar-refractivity contribution >= 4 is 10.0 Å². The van der Waals surface area contributed by atoms with Crippen LogP contribution in [-0.2, 0) is 27.8 Å². The average Bonchev–Trinajstić information content (AvgIpc) is 3.13. The molecule has 3 unspecified atom stereocenters. The van der Waals surface area contributed by atoms with Crippen LogP contribution >= 0.6 is 0 Å². The van der Waals surface area contributed by atoms with Crippen molar-refractivity contribution in [1.29, 1.82) is 0 Å². The summed E-state index contributed by atoms with van der Waals surface area (Å²) in [4.78, 5) is 0.345. The maximum Gasteiger partial charge on any atom is 0.242 e. The van der Waals surface area contributed by atoms with E-state index < -0.39 is 10.0 Å². The van der Waals surface area contributed by atoms with Gasteiger partial charge in [-0.1, -0.05) is 0 Å². The van der Waals surface area contributed by atoms with Crippen LogP contribution in [0.5, 0.6) is 0 Å². The van der Waals surface area contributed by atoms with Gasteiger partial charge in [0.15, 0.2) is 0 Å². The highest BCUT2D eigenvalue weighted by Gasteiger charge is 2.42. The van der Waals surface area contributed by atoms with Crippen molar-refractivity contribution in [1.82, 2.24) is 14.6 Å². The normalized spacial score (nSPS) is 28.4. The van der Waals surface area contributed by atoms with Gasteiger partial charge in [0, 0.05) is 25.0 Å². The Morgan fingerprint density at radius 2 is 2.24 bits per heavy atom. The fourth-order valence-electron chi connectivity index (χ4n) is 3.33. The Morgan fingerprint density at radius 1 is 1.43 bits per heavy atom. The molecule has 2 aliphatic heterocycles. The highest BCUT2D eigenvalue weighted by molar-refractivity contribution is 7.89. The lowest BCUT2D eigenvalue weighted by Gasteiger charge is -2.19. The van der Waals surface area contributed by atoms with E-state index in [9.17, 15) is 8.42 Å². The molecule has 2 aliphatic rings. The summed E-state index contributed by atoms with van der Waals surface area (Å²) < 4.78 is 35.6. The lowest BCUT2D eigenvalue weighted by Crippen LogP contribution is -2.41. The van der Waals surface area contributed by atoms with E-state index in [4.69, 9.17) is 4.74 Å². The molecule has 1 aromatic rings. The maximum atomic E-state index is 12.5. The number of aryl methyl sites for hydroxylation is 1. The summed E-state index contributed by atoms with van der Waals surface area (Å²) in [5, 5.41) is 3.06. The molecule has 1 aromatic heterocycles. The standard InChI is InChI=1S/C14H23N3O3S/c1-3-17-9-12(6-10(17)8-15-2)21(18,19)16-13-7-11-4-5-14(13)20-11/h6,9,11,13-16H,3-5,7-8H2,1-2H3. The summed E-state index contributed by atoms with van der Waals surface area (Å²) >= 11 is 0. The Hall–Kier alpha value is -0.890. The summed E-state index contributed by atoms with van der Waals surface area (Å²) in [6.07, 6.45) is 4.81. The van der Waals surface area contributed by atoms with Crippen LogP contribution in [0.3, 0.4) is 0 Å². The zero-order valence-corrected chi connectivity index (χ0v) is 13.3. The molecule has 0 spiro atoms. The third kappa shape index (κ3) is 2.88. The van der Waals surface area contributed by atoms with Crippen molar-refractivity contribution in [3.05, 3.63) is 18.0 Å². The zero-order chi connectivity index (χ0) is 15.0. The lowest BCUT2D eigenvalue weighted by atomic mass is 9.96. The number of hydrogen-bond acceptors (Lipinski definition) is 4. The smallest absolute Gasteiger partial charge is 0.242 e. The summed E-state index contributed by atoms with van der Waals surface area (Å²) in [5.74, 6) is 0. The van der Waals surface area contributed by atoms with Gasteiger partial charge in [-0.15, -0.1) is 0 Å². The van der Waals surface area contributed by atoms with Crippen molar-refractivity contribution in [2.45, 2.75) is 62.4 Å². The van der Waals surface area contributed by atoms with E-state index in [0.29, 0.717) is 11.4 Å². The number of aromatic nitrogens is 1. The fourth-order valence-corrected chi connectivity index (χ4v) is 4.66. The predicted molar refractivity (Wildman–Crippen MR) is 79.5 cm³/mol. The van der Waals surface area contributed by atoms with Crippen LogP contribution in [0.1, 0.15) is 31.9 Å². The molecule has 6 nitrogen and oxygen atoms in total. The number of fused-ring (bicyclic) bond motifs is 2. The molecule has 0 aliphatic carbocycles. The SMILES string of the molecule is CCn1cc(S(=O)(=O)NC2CC3CCC2O3)cc1CNC. The van der Waals surface area contributed by atoms with Gasteiger partial charge in [-0.3, -0.25) is 0 Å². The Balaban J connectivity index is 1.78. The first-order chi connectivity index (χ1) is 10.0. The Morgan fingerprint density at radius 3 is 2.81 bits per heavy atom. The van der Waals surface area contributed by atoms with E-state index in [1.165, 1.54) is 0 Å². The molecular formula is C14H23N3O3S. The third-order valence-electron chi connectivity index (χ3n) is 4.38. The van der Waals surface area contributed by atoms with Gasteiger partial charge in [-0.2, -0.15) is 0 Å². The quantitative estimate of drug-likeness (QED) is 0.816. The van der Waals surface area contributed by atoms with E-state index in [1.54, 1.807) is 12.3 Å². The number of nitrogens with zero attached hydrogens (tertiary/aromatic N) is 1. The molecule has 2 N–H and O–H groups in total. The van der Waals surface area contributed by atoms with Crippen molar-refractivity contribution in [3.63, 3.8) is 0 Å². The summed E-state index contributed by atoms with van der Waals surface area (Å²) in [6, 6.07) is 1.67. The fraction of sp³-hybridized carbons (Fsp3) is 0.714. The van der Waals surface area contributed by atoms with E-state index in [2.05, 4.69) is 10.0 Å². The molecule has 2 fully saturated rings. The van der Waals surface area contributed by atoms with Gasteiger partial charge in [0.05, 0.1) is 23.1 Å². The van der Waals surface area contributed by atoms with E-state index in [1.807, 2.05) is 18.5 Å². The van der Waals surface area contributed by atoms with E-state index in [0.717, 1.165) is 31.5 Å². The first kappa shape index (κ1) is 15.0. The molecule has 21 heavy (non-hydrogen) atoms. The minimum absolute atomic E-state index is 0.0508. The number of hydrogen-bond donors (Lipinski definition) is 2. The third-order valence-corrected chi connectivity index (χ3v) is 5.84. The van der Waals surface area contributed by atoms with Gasteiger partial charge in [-0.05, 0) is 39.3 Å². The molecule has 3 rings (SSSR count). The number of ether oxygens (including phenoxy) is 1. The highest BCUT2D eigenvalue weighted by atomic mass is 32.2. The molecule has 2 bridgehead atoms. The van der Waals surface area contributed by atoms with Crippen molar-refractivity contribution in [2.75, 3.05) is 7.05 Å². The highest BCUT2D eigenvalue weighted by Crippen LogP contribution is 2.35. The van der Waals surface area contributed by atoms with Crippen LogP contribution in [0.15, 0.2) is 17.2 Å². The Bertz CT molecular complexity index is 611. The minimum atomic E-state index is -3.47. The maximum absolute atomic E-state index is 12.5. The second-order valence-corrected chi connectivity index (χ2v) is 7.53. The van der Waals surface area contributed by atoms with Gasteiger partial charge < -0.3 is 14.6 Å². The van der Waals surface area contributed by atoms with Crippen LogP contribution in [0, 0.1) is 0 Å². The number of rotatable bonds is 6. The zero-order valence-electron chi connectivity index (χ0n) is 12.5. The molecule has 0 saturated carbocycles. The number of sulfonamides is 1. The van der Waals surface area contributed by atoms with Crippen molar-refractivity contribution < 1.29 is 13.2 Å². The topological polar surface area (TPSA) is 72.4 Å². The Labute approximate surface area is 125 Å². The molecule has 118 valence electrons. The van der Waals surface area contributed by atoms with Gasteiger partial charge >= 0.3 is 0 Å². The Kier molecular flexibility index (Phi) is 4.09. The largest absolute Gasteiger partial charge is 0.373 e. The minimum Gasteiger partial charge on any atom is -0.373 e. The molecule has 0 aromatic carbocycles. The van der Waals surface area contributed by atoms with Gasteiger partial charge in [0.1, 0.15) is 0 Å². The van der Waals surface area contributed by atoms with E-state index in [-0.39, 0.29) is 18.2 Å². The summed E-state index contributed by atoms with van der Waals surface area (Å²) in [7, 11) is -1.62. The molecule has 2 saturated heterocycles. The van der Waals surface area contributed by atoms with Crippen molar-refractivity contribution in [3.8, 4) is 0 Å². The molecule has 7 heteroatoms. The molecule has 3 atom stereocenters. The summed E-state index contributed by atoms with van der Waals surface area (Å²) in [5.41, 5.74) is 0.976. The molecule has 0 amide bonds. The van der Waals surface area contributed by atoms with Gasteiger partial charge in [0.25, 0.3) is 0 Å². The van der Waals surface area contributed by atoms with Crippen LogP contribution in [-0.4, -0.2) is 38.3 Å². The number of nitrogens with one attached hydrogen (secondary N) is 2. The van der Waals surface area contributed by atoms with Crippen molar-refractivity contribution in [2.24, 2.45) is 0 Å². The first-order valence-electron chi connectivity index (χ1n) is 7.55. The average molecular weight is 313 g/mol. The molecule has 3 heterocycles. The van der Waals surface area contributed by atoms with Crippen LogP contribution < -0.4 is 10.0 Å². The monoisotopic (exact) mass is 313 g/mol. The molecular weight excluding hydrogens is 290 g/mol. The first-order valence-corrected chi connectivity index (χ1v) is 9.03. The van der Waals surface area contributed by atoms with Crippen LogP contribution in [0.2, 0.25) is 0 Å². The molecule has 0 radical (unpaired) electrons. The second-order valence-electron chi connectivity index (χ2n) is 5.82. The summed E-state index contributed by atoms with van der Waals surface area (Å²) in [6.45, 7) is 3.41. The van der Waals surface area contributed by atoms with Gasteiger partial charge in [0.2, 0.25) is 10.0 Å². The van der Waals surface area contributed by atoms with Gasteiger partial charge in [-0.25, -0.2) is 13.1 Å². The predicted octanol–water partition coefficient (Wildman–Crippen LogP) is 0.826. The van der Waals surface area contributed by atoms with E-state index >= 15 is 0 Å². The second kappa shape index (κ2) is 5.72. The lowest BCUT2D eigenvalue weighted by molar-refractivity contribution is 0.0996.